The van der Waals surface area contributed by atoms with E-state index in [-0.39, 0.29) is 19.0 Å². The maximum absolute atomic E-state index is 12.3. The Balaban J connectivity index is 2.65. The van der Waals surface area contributed by atoms with Crippen molar-refractivity contribution in [2.45, 2.75) is 19.9 Å². The zero-order chi connectivity index (χ0) is 15.8. The minimum Gasteiger partial charge on any atom is -0.497 e. The Morgan fingerprint density at radius 1 is 1.33 bits per heavy atom. The predicted octanol–water partition coefficient (Wildman–Crippen LogP) is 2.04. The van der Waals surface area contributed by atoms with Crippen LogP contribution in [0.5, 0.6) is 5.75 Å². The minimum absolute atomic E-state index is 0.0490. The topological polar surface area (TPSA) is 70.1 Å². The van der Waals surface area contributed by atoms with Crippen LogP contribution in [-0.2, 0) is 11.3 Å². The molecule has 0 saturated heterocycles. The number of urea groups is 1. The third kappa shape index (κ3) is 5.33. The van der Waals surface area contributed by atoms with Crippen molar-refractivity contribution in [3.8, 4) is 5.75 Å². The van der Waals surface area contributed by atoms with E-state index in [1.54, 1.807) is 19.1 Å². The summed E-state index contributed by atoms with van der Waals surface area (Å²) in [6.07, 6.45) is -0.0490. The molecule has 0 aliphatic rings. The summed E-state index contributed by atoms with van der Waals surface area (Å²) in [5.74, 6) is -0.164. The second-order valence-corrected chi connectivity index (χ2v) is 4.71. The minimum atomic E-state index is -0.906. The van der Waals surface area contributed by atoms with Gasteiger partial charge >= 0.3 is 12.0 Å². The molecular formula is C15H22N2O4. The van der Waals surface area contributed by atoms with Gasteiger partial charge in [-0.1, -0.05) is 12.1 Å². The Hall–Kier alpha value is -2.24. The highest BCUT2D eigenvalue weighted by molar-refractivity contribution is 5.75. The van der Waals surface area contributed by atoms with Crippen LogP contribution in [0.1, 0.15) is 18.9 Å². The van der Waals surface area contributed by atoms with Crippen LogP contribution in [0.3, 0.4) is 0 Å². The number of rotatable bonds is 7. The van der Waals surface area contributed by atoms with Crippen molar-refractivity contribution in [1.29, 1.82) is 0 Å². The van der Waals surface area contributed by atoms with Gasteiger partial charge in [0.15, 0.2) is 0 Å². The van der Waals surface area contributed by atoms with Gasteiger partial charge in [0.2, 0.25) is 0 Å². The number of hydrogen-bond acceptors (Lipinski definition) is 3. The van der Waals surface area contributed by atoms with Crippen LogP contribution in [0.25, 0.3) is 0 Å². The quantitative estimate of drug-likeness (QED) is 0.835. The summed E-state index contributed by atoms with van der Waals surface area (Å²) in [6, 6.07) is 7.32. The molecule has 0 fully saturated rings. The lowest BCUT2D eigenvalue weighted by atomic mass is 10.2. The number of aliphatic carboxylic acids is 1. The second-order valence-electron chi connectivity index (χ2n) is 4.71. The summed E-state index contributed by atoms with van der Waals surface area (Å²) in [6.45, 7) is 2.97. The Kier molecular flexibility index (Phi) is 6.52. The lowest BCUT2D eigenvalue weighted by molar-refractivity contribution is -0.137. The van der Waals surface area contributed by atoms with Crippen molar-refractivity contribution in [3.63, 3.8) is 0 Å². The molecule has 0 radical (unpaired) electrons. The fourth-order valence-corrected chi connectivity index (χ4v) is 1.97. The second kappa shape index (κ2) is 8.14. The maximum Gasteiger partial charge on any atom is 0.320 e. The van der Waals surface area contributed by atoms with Crippen molar-refractivity contribution in [3.05, 3.63) is 29.8 Å². The molecule has 21 heavy (non-hydrogen) atoms. The van der Waals surface area contributed by atoms with E-state index < -0.39 is 5.97 Å². The highest BCUT2D eigenvalue weighted by Crippen LogP contribution is 2.14. The van der Waals surface area contributed by atoms with E-state index in [4.69, 9.17) is 9.84 Å². The Morgan fingerprint density at radius 2 is 2.05 bits per heavy atom. The maximum atomic E-state index is 12.3. The molecule has 0 heterocycles. The van der Waals surface area contributed by atoms with Gasteiger partial charge in [-0.05, 0) is 24.6 Å². The zero-order valence-electron chi connectivity index (χ0n) is 12.7. The standard InChI is InChI=1S/C15H22N2O4/c1-4-17(9-8-14(18)19)15(20)16(2)11-12-6-5-7-13(10-12)21-3/h5-7,10H,4,8-9,11H2,1-3H3,(H,18,19). The van der Waals surface area contributed by atoms with Crippen LogP contribution in [0.4, 0.5) is 4.79 Å². The summed E-state index contributed by atoms with van der Waals surface area (Å²) in [5.41, 5.74) is 0.958. The van der Waals surface area contributed by atoms with Gasteiger partial charge in [-0.2, -0.15) is 0 Å². The van der Waals surface area contributed by atoms with Gasteiger partial charge in [-0.15, -0.1) is 0 Å². The smallest absolute Gasteiger partial charge is 0.320 e. The predicted molar refractivity (Wildman–Crippen MR) is 79.4 cm³/mol. The Labute approximate surface area is 124 Å². The van der Waals surface area contributed by atoms with E-state index in [9.17, 15) is 9.59 Å². The number of carboxylic acid groups (broad SMARTS) is 1. The first-order valence-electron chi connectivity index (χ1n) is 6.82. The number of carbonyl (C=O) groups is 2. The molecule has 1 rings (SSSR count). The van der Waals surface area contributed by atoms with Gasteiger partial charge in [-0.25, -0.2) is 4.79 Å². The summed E-state index contributed by atoms with van der Waals surface area (Å²) in [5, 5.41) is 8.71. The average Bonchev–Trinajstić information content (AvgIpc) is 2.47. The molecule has 0 aromatic heterocycles. The largest absolute Gasteiger partial charge is 0.497 e. The molecule has 6 heteroatoms. The average molecular weight is 294 g/mol. The van der Waals surface area contributed by atoms with Crippen molar-refractivity contribution < 1.29 is 19.4 Å². The van der Waals surface area contributed by atoms with Crippen LogP contribution < -0.4 is 4.74 Å². The SMILES string of the molecule is CCN(CCC(=O)O)C(=O)N(C)Cc1cccc(OC)c1. The first-order chi connectivity index (χ1) is 9.97. The van der Waals surface area contributed by atoms with Gasteiger partial charge in [0.25, 0.3) is 0 Å². The Morgan fingerprint density at radius 3 is 2.62 bits per heavy atom. The molecule has 0 bridgehead atoms. The normalized spacial score (nSPS) is 10.0. The molecule has 1 N–H and O–H groups in total. The molecule has 0 aliphatic heterocycles. The van der Waals surface area contributed by atoms with Gasteiger partial charge in [0.05, 0.1) is 13.5 Å². The molecule has 2 amide bonds. The Bertz CT molecular complexity index is 490. The van der Waals surface area contributed by atoms with Crippen LogP contribution >= 0.6 is 0 Å². The number of nitrogens with zero attached hydrogens (tertiary/aromatic N) is 2. The number of carboxylic acids is 1. The number of ether oxygens (including phenoxy) is 1. The summed E-state index contributed by atoms with van der Waals surface area (Å²) in [7, 11) is 3.30. The molecule has 1 aromatic carbocycles. The number of amides is 2. The first-order valence-corrected chi connectivity index (χ1v) is 6.82. The van der Waals surface area contributed by atoms with Gasteiger partial charge in [-0.3, -0.25) is 4.79 Å². The fraction of sp³-hybridized carbons (Fsp3) is 0.467. The lowest BCUT2D eigenvalue weighted by Gasteiger charge is -2.27. The van der Waals surface area contributed by atoms with E-state index in [0.29, 0.717) is 13.1 Å². The van der Waals surface area contributed by atoms with Gasteiger partial charge < -0.3 is 19.6 Å². The van der Waals surface area contributed by atoms with Crippen molar-refractivity contribution >= 4 is 12.0 Å². The van der Waals surface area contributed by atoms with Crippen LogP contribution in [0.15, 0.2) is 24.3 Å². The van der Waals surface area contributed by atoms with E-state index in [1.165, 1.54) is 4.90 Å². The van der Waals surface area contributed by atoms with Crippen LogP contribution in [0.2, 0.25) is 0 Å². The summed E-state index contributed by atoms with van der Waals surface area (Å²) in [4.78, 5) is 26.0. The molecule has 1 aromatic rings. The highest BCUT2D eigenvalue weighted by Gasteiger charge is 2.17. The van der Waals surface area contributed by atoms with Crippen LogP contribution in [0, 0.1) is 0 Å². The zero-order valence-corrected chi connectivity index (χ0v) is 12.7. The summed E-state index contributed by atoms with van der Waals surface area (Å²) >= 11 is 0. The molecule has 0 saturated carbocycles. The van der Waals surface area contributed by atoms with Crippen LogP contribution in [-0.4, -0.2) is 54.2 Å². The molecule has 116 valence electrons. The van der Waals surface area contributed by atoms with E-state index in [1.807, 2.05) is 31.2 Å². The number of hydrogen-bond donors (Lipinski definition) is 1. The highest BCUT2D eigenvalue weighted by atomic mass is 16.5. The lowest BCUT2D eigenvalue weighted by Crippen LogP contribution is -2.41. The van der Waals surface area contributed by atoms with Crippen molar-refractivity contribution in [2.24, 2.45) is 0 Å². The molecular weight excluding hydrogens is 272 g/mol. The van der Waals surface area contributed by atoms with E-state index in [2.05, 4.69) is 0 Å². The number of carbonyl (C=O) groups excluding carboxylic acids is 1. The van der Waals surface area contributed by atoms with Gasteiger partial charge in [0.1, 0.15) is 5.75 Å². The number of methoxy groups -OCH3 is 1. The summed E-state index contributed by atoms with van der Waals surface area (Å²) < 4.78 is 5.15. The molecule has 6 nitrogen and oxygen atoms in total. The van der Waals surface area contributed by atoms with Crippen molar-refractivity contribution in [2.75, 3.05) is 27.2 Å². The van der Waals surface area contributed by atoms with E-state index in [0.717, 1.165) is 11.3 Å². The molecule has 0 atom stereocenters. The van der Waals surface area contributed by atoms with Crippen molar-refractivity contribution in [1.82, 2.24) is 9.80 Å². The fourth-order valence-electron chi connectivity index (χ4n) is 1.97. The van der Waals surface area contributed by atoms with Gasteiger partial charge in [0, 0.05) is 26.7 Å². The molecule has 0 unspecified atom stereocenters. The third-order valence-corrected chi connectivity index (χ3v) is 3.13. The molecule has 0 aliphatic carbocycles. The number of benzene rings is 1. The van der Waals surface area contributed by atoms with E-state index >= 15 is 0 Å². The third-order valence-electron chi connectivity index (χ3n) is 3.13. The molecule has 0 spiro atoms. The monoisotopic (exact) mass is 294 g/mol. The first kappa shape index (κ1) is 16.8.